The van der Waals surface area contributed by atoms with Crippen LogP contribution in [0, 0.1) is 13.8 Å². The first-order valence-electron chi connectivity index (χ1n) is 8.01. The third kappa shape index (κ3) is 4.70. The van der Waals surface area contributed by atoms with Gasteiger partial charge in [-0.05, 0) is 45.2 Å². The fourth-order valence-electron chi connectivity index (χ4n) is 3.05. The summed E-state index contributed by atoms with van der Waals surface area (Å²) in [5, 5.41) is 2.99. The summed E-state index contributed by atoms with van der Waals surface area (Å²) >= 11 is 0. The van der Waals surface area contributed by atoms with Crippen LogP contribution in [0.4, 0.5) is 4.79 Å². The van der Waals surface area contributed by atoms with E-state index in [0.29, 0.717) is 0 Å². The summed E-state index contributed by atoms with van der Waals surface area (Å²) in [5.41, 5.74) is 3.67. The number of sulfone groups is 1. The molecule has 6 heteroatoms. The molecule has 2 rings (SSSR count). The highest BCUT2D eigenvalue weighted by molar-refractivity contribution is 7.91. The Bertz CT molecular complexity index is 685. The Hall–Kier alpha value is -1.56. The van der Waals surface area contributed by atoms with Crippen molar-refractivity contribution < 1.29 is 13.2 Å². The monoisotopic (exact) mass is 338 g/mol. The summed E-state index contributed by atoms with van der Waals surface area (Å²) in [5.74, 6) is 0.0993. The molecule has 0 bridgehead atoms. The lowest BCUT2D eigenvalue weighted by atomic mass is 10.00. The summed E-state index contributed by atoms with van der Waals surface area (Å²) in [6.45, 7) is 8.17. The lowest BCUT2D eigenvalue weighted by Crippen LogP contribution is -2.54. The van der Waals surface area contributed by atoms with E-state index >= 15 is 0 Å². The Morgan fingerprint density at radius 2 is 2.09 bits per heavy atom. The minimum atomic E-state index is -3.01. The summed E-state index contributed by atoms with van der Waals surface area (Å²) in [6, 6.07) is 5.86. The van der Waals surface area contributed by atoms with Gasteiger partial charge in [-0.25, -0.2) is 13.2 Å². The molecular weight excluding hydrogens is 312 g/mol. The SMILES string of the molecule is Cc1ccc(C[C@@H](C)NC(=O)N2CCS(=O)(=O)C[C@@H]2C)c(C)c1. The molecular formula is C17H26N2O3S. The second-order valence-corrected chi connectivity index (χ2v) is 8.87. The maximum absolute atomic E-state index is 12.4. The van der Waals surface area contributed by atoms with E-state index in [1.54, 1.807) is 11.8 Å². The highest BCUT2D eigenvalue weighted by Crippen LogP contribution is 2.14. The maximum atomic E-state index is 12.4. The molecule has 1 aromatic carbocycles. The number of nitrogens with one attached hydrogen (secondary N) is 1. The molecule has 1 aliphatic heterocycles. The molecule has 0 aromatic heterocycles. The summed E-state index contributed by atoms with van der Waals surface area (Å²) < 4.78 is 23.2. The summed E-state index contributed by atoms with van der Waals surface area (Å²) in [6.07, 6.45) is 0.762. The average molecular weight is 338 g/mol. The van der Waals surface area contributed by atoms with Gasteiger partial charge in [0, 0.05) is 18.6 Å². The molecule has 1 heterocycles. The van der Waals surface area contributed by atoms with Gasteiger partial charge in [-0.2, -0.15) is 0 Å². The van der Waals surface area contributed by atoms with Crippen LogP contribution in [0.1, 0.15) is 30.5 Å². The number of urea groups is 1. The zero-order chi connectivity index (χ0) is 17.2. The van der Waals surface area contributed by atoms with Gasteiger partial charge in [0.25, 0.3) is 0 Å². The van der Waals surface area contributed by atoms with Crippen molar-refractivity contribution in [3.05, 3.63) is 34.9 Å². The van der Waals surface area contributed by atoms with Crippen molar-refractivity contribution in [2.45, 2.75) is 46.2 Å². The van der Waals surface area contributed by atoms with Crippen molar-refractivity contribution in [1.82, 2.24) is 10.2 Å². The van der Waals surface area contributed by atoms with Crippen LogP contribution < -0.4 is 5.32 Å². The van der Waals surface area contributed by atoms with Gasteiger partial charge in [-0.3, -0.25) is 0 Å². The second kappa shape index (κ2) is 6.91. The Morgan fingerprint density at radius 1 is 1.39 bits per heavy atom. The van der Waals surface area contributed by atoms with Gasteiger partial charge in [-0.1, -0.05) is 23.8 Å². The Kier molecular flexibility index (Phi) is 5.34. The van der Waals surface area contributed by atoms with Crippen LogP contribution in [0.25, 0.3) is 0 Å². The van der Waals surface area contributed by atoms with E-state index in [9.17, 15) is 13.2 Å². The molecule has 0 unspecified atom stereocenters. The van der Waals surface area contributed by atoms with E-state index < -0.39 is 9.84 Å². The van der Waals surface area contributed by atoms with Crippen LogP contribution in [0.2, 0.25) is 0 Å². The van der Waals surface area contributed by atoms with Crippen LogP contribution in [-0.2, 0) is 16.3 Å². The van der Waals surface area contributed by atoms with Crippen LogP contribution in [0.15, 0.2) is 18.2 Å². The molecule has 1 N–H and O–H groups in total. The maximum Gasteiger partial charge on any atom is 0.317 e. The molecule has 0 radical (unpaired) electrons. The number of amides is 2. The summed E-state index contributed by atoms with van der Waals surface area (Å²) in [4.78, 5) is 14.0. The molecule has 1 fully saturated rings. The first kappa shape index (κ1) is 17.8. The van der Waals surface area contributed by atoms with Gasteiger partial charge in [0.1, 0.15) is 0 Å². The standard InChI is InChI=1S/C17H26N2O3S/c1-12-5-6-16(13(2)9-12)10-14(3)18-17(20)19-7-8-23(21,22)11-15(19)4/h5-6,9,14-15H,7-8,10-11H2,1-4H3,(H,18,20)/t14-,15+/m1/s1. The number of carbonyl (C=O) groups is 1. The van der Waals surface area contributed by atoms with Crippen molar-refractivity contribution in [2.24, 2.45) is 0 Å². The van der Waals surface area contributed by atoms with Crippen molar-refractivity contribution >= 4 is 15.9 Å². The number of aryl methyl sites for hydroxylation is 2. The molecule has 128 valence electrons. The molecule has 0 spiro atoms. The molecule has 0 aliphatic carbocycles. The van der Waals surface area contributed by atoms with Crippen LogP contribution in [-0.4, -0.2) is 49.5 Å². The number of hydrogen-bond donors (Lipinski definition) is 1. The topological polar surface area (TPSA) is 66.5 Å². The van der Waals surface area contributed by atoms with Crippen LogP contribution in [0.5, 0.6) is 0 Å². The normalized spacial score (nSPS) is 21.7. The first-order valence-corrected chi connectivity index (χ1v) is 9.84. The Labute approximate surface area is 139 Å². The average Bonchev–Trinajstić information content (AvgIpc) is 2.40. The molecule has 0 saturated carbocycles. The quantitative estimate of drug-likeness (QED) is 0.917. The minimum absolute atomic E-state index is 0.00496. The van der Waals surface area contributed by atoms with Gasteiger partial charge in [0.2, 0.25) is 0 Å². The van der Waals surface area contributed by atoms with E-state index in [1.165, 1.54) is 16.7 Å². The zero-order valence-corrected chi connectivity index (χ0v) is 15.1. The van der Waals surface area contributed by atoms with Gasteiger partial charge >= 0.3 is 6.03 Å². The van der Waals surface area contributed by atoms with E-state index in [-0.39, 0.29) is 36.2 Å². The number of nitrogens with zero attached hydrogens (tertiary/aromatic N) is 1. The van der Waals surface area contributed by atoms with Crippen molar-refractivity contribution in [1.29, 1.82) is 0 Å². The first-order chi connectivity index (χ1) is 10.7. The predicted molar refractivity (Wildman–Crippen MR) is 92.4 cm³/mol. The highest BCUT2D eigenvalue weighted by atomic mass is 32.2. The molecule has 2 amide bonds. The second-order valence-electron chi connectivity index (χ2n) is 6.64. The molecule has 5 nitrogen and oxygen atoms in total. The molecule has 23 heavy (non-hydrogen) atoms. The van der Waals surface area contributed by atoms with E-state index in [0.717, 1.165) is 6.42 Å². The third-order valence-corrected chi connectivity index (χ3v) is 6.12. The van der Waals surface area contributed by atoms with Crippen molar-refractivity contribution in [3.8, 4) is 0 Å². The number of benzene rings is 1. The number of hydrogen-bond acceptors (Lipinski definition) is 3. The lowest BCUT2D eigenvalue weighted by Gasteiger charge is -2.34. The van der Waals surface area contributed by atoms with Gasteiger partial charge in [0.15, 0.2) is 9.84 Å². The lowest BCUT2D eigenvalue weighted by molar-refractivity contribution is 0.182. The van der Waals surface area contributed by atoms with Crippen LogP contribution in [0.3, 0.4) is 0 Å². The highest BCUT2D eigenvalue weighted by Gasteiger charge is 2.31. The molecule has 2 atom stereocenters. The van der Waals surface area contributed by atoms with Gasteiger partial charge < -0.3 is 10.2 Å². The van der Waals surface area contributed by atoms with E-state index in [1.807, 2.05) is 6.92 Å². The van der Waals surface area contributed by atoms with Crippen molar-refractivity contribution in [3.63, 3.8) is 0 Å². The fraction of sp³-hybridized carbons (Fsp3) is 0.588. The molecule has 1 saturated heterocycles. The molecule has 1 aromatic rings. The largest absolute Gasteiger partial charge is 0.335 e. The Balaban J connectivity index is 1.94. The van der Waals surface area contributed by atoms with E-state index in [2.05, 4.69) is 37.4 Å². The van der Waals surface area contributed by atoms with Crippen LogP contribution >= 0.6 is 0 Å². The third-order valence-electron chi connectivity index (χ3n) is 4.33. The fourth-order valence-corrected chi connectivity index (χ4v) is 4.61. The smallest absolute Gasteiger partial charge is 0.317 e. The number of rotatable bonds is 3. The Morgan fingerprint density at radius 3 is 2.70 bits per heavy atom. The predicted octanol–water partition coefficient (Wildman–Crippen LogP) is 2.06. The van der Waals surface area contributed by atoms with Gasteiger partial charge in [0.05, 0.1) is 11.5 Å². The number of carbonyl (C=O) groups excluding carboxylic acids is 1. The van der Waals surface area contributed by atoms with E-state index in [4.69, 9.17) is 0 Å². The van der Waals surface area contributed by atoms with Gasteiger partial charge in [-0.15, -0.1) is 0 Å². The zero-order valence-electron chi connectivity index (χ0n) is 14.3. The van der Waals surface area contributed by atoms with Crippen molar-refractivity contribution in [2.75, 3.05) is 18.1 Å². The molecule has 1 aliphatic rings. The minimum Gasteiger partial charge on any atom is -0.335 e. The summed E-state index contributed by atoms with van der Waals surface area (Å²) in [7, 11) is -3.01.